The molecule has 338 valence electrons. The van der Waals surface area contributed by atoms with Gasteiger partial charge in [-0.3, -0.25) is 4.98 Å². The Hall–Kier alpha value is -8.99. The number of rotatable bonds is 4. The molecular formula is C68H45N3O. The van der Waals surface area contributed by atoms with E-state index >= 15 is 0 Å². The molecule has 0 atom stereocenters. The van der Waals surface area contributed by atoms with Gasteiger partial charge in [0.1, 0.15) is 11.9 Å². The molecule has 4 heteroatoms. The van der Waals surface area contributed by atoms with Crippen LogP contribution in [0.2, 0.25) is 0 Å². The van der Waals surface area contributed by atoms with E-state index in [4.69, 9.17) is 9.40 Å². The van der Waals surface area contributed by atoms with Gasteiger partial charge >= 0.3 is 0 Å². The SMILES string of the molecule is [2H]C1(c2c(-c3ccc4c(c3)-c3ccccc3-c3ccccc3-c3cc(-c5cccc6c5oc5ncncc56)ccc3-4)cccc2-c2ccc3c(c2)-c2ccccc2-c2ccccc2-c2ncccc2-3)CCCC1. The van der Waals surface area contributed by atoms with Gasteiger partial charge < -0.3 is 4.42 Å². The molecule has 0 saturated heterocycles. The van der Waals surface area contributed by atoms with Gasteiger partial charge in [0.05, 0.1) is 11.1 Å². The van der Waals surface area contributed by atoms with E-state index < -0.39 is 5.89 Å². The highest BCUT2D eigenvalue weighted by atomic mass is 16.3. The first-order valence-corrected chi connectivity index (χ1v) is 25.1. The molecular weight excluding hydrogens is 875 g/mol. The zero-order chi connectivity index (χ0) is 48.2. The molecule has 0 aliphatic heterocycles. The first-order chi connectivity index (χ1) is 36.1. The normalized spacial score (nSPS) is 13.9. The molecule has 0 bridgehead atoms. The molecule has 3 aromatic heterocycles. The van der Waals surface area contributed by atoms with E-state index in [1.807, 2.05) is 18.5 Å². The molecule has 3 aliphatic rings. The molecule has 15 rings (SSSR count). The van der Waals surface area contributed by atoms with Gasteiger partial charge in [0.15, 0.2) is 0 Å². The van der Waals surface area contributed by atoms with Crippen molar-refractivity contribution in [3.63, 3.8) is 0 Å². The Balaban J connectivity index is 0.934. The molecule has 12 aromatic rings. The molecule has 1 saturated carbocycles. The Labute approximate surface area is 419 Å². The van der Waals surface area contributed by atoms with Crippen molar-refractivity contribution in [1.29, 1.82) is 0 Å². The topological polar surface area (TPSA) is 51.8 Å². The second-order valence-electron chi connectivity index (χ2n) is 19.4. The average Bonchev–Trinajstić information content (AvgIpc) is 4.08. The van der Waals surface area contributed by atoms with E-state index in [1.165, 1.54) is 62.0 Å². The maximum atomic E-state index is 10.4. The minimum Gasteiger partial charge on any atom is -0.437 e. The summed E-state index contributed by atoms with van der Waals surface area (Å²) in [6, 6.07) is 73.4. The Bertz CT molecular complexity index is 4250. The van der Waals surface area contributed by atoms with Crippen molar-refractivity contribution in [3.05, 3.63) is 224 Å². The Morgan fingerprint density at radius 2 is 0.806 bits per heavy atom. The maximum absolute atomic E-state index is 10.4. The lowest BCUT2D eigenvalue weighted by atomic mass is 9.78. The van der Waals surface area contributed by atoms with Gasteiger partial charge in [-0.25, -0.2) is 9.97 Å². The number of hydrogen-bond acceptors (Lipinski definition) is 4. The Morgan fingerprint density at radius 3 is 1.38 bits per heavy atom. The van der Waals surface area contributed by atoms with E-state index in [-0.39, 0.29) is 0 Å². The molecule has 0 spiro atoms. The fourth-order valence-electron chi connectivity index (χ4n) is 12.4. The minimum atomic E-state index is -0.761. The van der Waals surface area contributed by atoms with E-state index in [0.717, 1.165) is 114 Å². The number of fused-ring (bicyclic) bond motifs is 19. The molecule has 0 N–H and O–H groups in total. The van der Waals surface area contributed by atoms with E-state index in [2.05, 4.69) is 204 Å². The van der Waals surface area contributed by atoms with Crippen molar-refractivity contribution in [2.75, 3.05) is 0 Å². The summed E-state index contributed by atoms with van der Waals surface area (Å²) in [4.78, 5) is 13.8. The van der Waals surface area contributed by atoms with Crippen molar-refractivity contribution >= 4 is 22.1 Å². The van der Waals surface area contributed by atoms with Crippen molar-refractivity contribution in [3.8, 4) is 123 Å². The summed E-state index contributed by atoms with van der Waals surface area (Å²) >= 11 is 0. The number of hydrogen-bond donors (Lipinski definition) is 0. The summed E-state index contributed by atoms with van der Waals surface area (Å²) < 4.78 is 16.9. The molecule has 0 amide bonds. The highest BCUT2D eigenvalue weighted by Gasteiger charge is 2.29. The number of benzene rings is 9. The molecule has 0 radical (unpaired) electrons. The summed E-state index contributed by atoms with van der Waals surface area (Å²) in [6.07, 6.45) is 8.98. The largest absolute Gasteiger partial charge is 0.437 e. The lowest BCUT2D eigenvalue weighted by Gasteiger charge is -2.26. The monoisotopic (exact) mass is 920 g/mol. The third-order valence-electron chi connectivity index (χ3n) is 15.6. The molecule has 72 heavy (non-hydrogen) atoms. The second-order valence-corrected chi connectivity index (χ2v) is 19.4. The summed E-state index contributed by atoms with van der Waals surface area (Å²) in [7, 11) is 0. The van der Waals surface area contributed by atoms with Crippen LogP contribution < -0.4 is 0 Å². The van der Waals surface area contributed by atoms with Crippen LogP contribution >= 0.6 is 0 Å². The molecule has 9 aromatic carbocycles. The van der Waals surface area contributed by atoms with Gasteiger partial charge in [0.25, 0.3) is 0 Å². The maximum Gasteiger partial charge on any atom is 0.230 e. The quantitative estimate of drug-likeness (QED) is 0.176. The fraction of sp³-hybridized carbons (Fsp3) is 0.0735. The number of nitrogens with zero attached hydrogens (tertiary/aromatic N) is 3. The van der Waals surface area contributed by atoms with Crippen molar-refractivity contribution in [2.24, 2.45) is 0 Å². The van der Waals surface area contributed by atoms with Gasteiger partial charge in [-0.15, -0.1) is 0 Å². The summed E-state index contributed by atoms with van der Waals surface area (Å²) in [5.74, 6) is -0.761. The van der Waals surface area contributed by atoms with Crippen molar-refractivity contribution < 1.29 is 5.79 Å². The van der Waals surface area contributed by atoms with Crippen LogP contribution in [0.1, 0.15) is 38.5 Å². The number of furan rings is 1. The Kier molecular flexibility index (Phi) is 9.01. The van der Waals surface area contributed by atoms with Gasteiger partial charge in [0, 0.05) is 35.8 Å². The summed E-state index contributed by atoms with van der Waals surface area (Å²) in [5.41, 5.74) is 27.6. The van der Waals surface area contributed by atoms with Crippen LogP contribution in [0.5, 0.6) is 0 Å². The van der Waals surface area contributed by atoms with Gasteiger partial charge in [0.2, 0.25) is 5.71 Å². The first-order valence-electron chi connectivity index (χ1n) is 25.6. The van der Waals surface area contributed by atoms with Crippen LogP contribution in [-0.4, -0.2) is 15.0 Å². The van der Waals surface area contributed by atoms with E-state index in [1.54, 1.807) is 0 Å². The third kappa shape index (κ3) is 6.28. The van der Waals surface area contributed by atoms with Crippen molar-refractivity contribution in [2.45, 2.75) is 31.6 Å². The van der Waals surface area contributed by atoms with Gasteiger partial charge in [-0.2, -0.15) is 0 Å². The second kappa shape index (κ2) is 16.3. The van der Waals surface area contributed by atoms with Crippen LogP contribution in [0.25, 0.3) is 145 Å². The van der Waals surface area contributed by atoms with Gasteiger partial charge in [-0.05, 0) is 149 Å². The lowest BCUT2D eigenvalue weighted by molar-refractivity contribution is 0.654. The van der Waals surface area contributed by atoms with E-state index in [9.17, 15) is 1.37 Å². The highest BCUT2D eigenvalue weighted by molar-refractivity contribution is 6.10. The molecule has 3 heterocycles. The smallest absolute Gasteiger partial charge is 0.230 e. The van der Waals surface area contributed by atoms with Crippen LogP contribution in [-0.2, 0) is 0 Å². The molecule has 4 nitrogen and oxygen atoms in total. The minimum absolute atomic E-state index is 0.586. The molecule has 0 unspecified atom stereocenters. The lowest BCUT2D eigenvalue weighted by Crippen LogP contribution is -2.02. The molecule has 3 aliphatic carbocycles. The third-order valence-corrected chi connectivity index (χ3v) is 15.6. The fourth-order valence-corrected chi connectivity index (χ4v) is 12.4. The zero-order valence-corrected chi connectivity index (χ0v) is 39.4. The predicted octanol–water partition coefficient (Wildman–Crippen LogP) is 18.4. The molecule has 1 fully saturated rings. The van der Waals surface area contributed by atoms with E-state index in [0.29, 0.717) is 5.71 Å². The van der Waals surface area contributed by atoms with Crippen LogP contribution in [0.15, 0.2) is 223 Å². The van der Waals surface area contributed by atoms with Crippen LogP contribution in [0.3, 0.4) is 0 Å². The van der Waals surface area contributed by atoms with Crippen molar-refractivity contribution in [1.82, 2.24) is 15.0 Å². The first kappa shape index (κ1) is 39.8. The number of para-hydroxylation sites is 1. The summed E-state index contributed by atoms with van der Waals surface area (Å²) in [5, 5.41) is 1.91. The predicted molar refractivity (Wildman–Crippen MR) is 295 cm³/mol. The number of pyridine rings is 1. The Morgan fingerprint density at radius 1 is 0.375 bits per heavy atom. The average molecular weight is 921 g/mol. The van der Waals surface area contributed by atoms with Crippen LogP contribution in [0, 0.1) is 0 Å². The zero-order valence-electron chi connectivity index (χ0n) is 40.4. The number of aromatic nitrogens is 3. The highest BCUT2D eigenvalue weighted by Crippen LogP contribution is 2.53. The summed E-state index contributed by atoms with van der Waals surface area (Å²) in [6.45, 7) is 0. The van der Waals surface area contributed by atoms with Gasteiger partial charge in [-0.1, -0.05) is 189 Å². The standard InChI is InChI=1S/C68H45N3O/c1-2-15-41(14-1)65-45(24-11-25-46(65)43-30-34-57-59-28-13-35-70-66(59)58-23-10-9-19-51(58)50-18-5-8-22-54(50)63(57)37-43)42-29-32-55-56-33-31-44(47-26-12-27-60-64-39-69-40-71-68(64)72-67(47)60)38-62(56)53-21-7-4-17-49(53)48-16-3-6-20-52(48)61(55)36-42/h3-13,16-41H,1-2,14-15H2/i41D. The van der Waals surface area contributed by atoms with Crippen LogP contribution in [0.4, 0.5) is 0 Å².